The van der Waals surface area contributed by atoms with Gasteiger partial charge in [0.1, 0.15) is 17.3 Å². The fourth-order valence-electron chi connectivity index (χ4n) is 2.06. The molecule has 3 aromatic rings. The molecule has 2 heterocycles. The summed E-state index contributed by atoms with van der Waals surface area (Å²) in [6.45, 7) is 0.135. The number of carbonyl (C=O) groups is 1. The molecule has 0 atom stereocenters. The molecular weight excluding hydrogens is 312 g/mol. The van der Waals surface area contributed by atoms with Crippen LogP contribution < -0.4 is 5.32 Å². The van der Waals surface area contributed by atoms with Crippen LogP contribution in [0.4, 0.5) is 8.78 Å². The quantitative estimate of drug-likeness (QED) is 0.805. The van der Waals surface area contributed by atoms with Crippen molar-refractivity contribution in [2.75, 3.05) is 0 Å². The molecule has 0 radical (unpaired) electrons. The van der Waals surface area contributed by atoms with Gasteiger partial charge in [-0.25, -0.2) is 13.8 Å². The molecule has 0 spiro atoms. The number of benzene rings is 1. The molecule has 0 aliphatic heterocycles. The minimum atomic E-state index is -0.799. The summed E-state index contributed by atoms with van der Waals surface area (Å²) in [5, 5.41) is 3.13. The smallest absolute Gasteiger partial charge is 0.251 e. The summed E-state index contributed by atoms with van der Waals surface area (Å²) in [6.07, 6.45) is 3.41. The molecule has 0 aliphatic carbocycles. The number of pyridine rings is 1. The first-order chi connectivity index (χ1) is 10.5. The topological polar surface area (TPSA) is 46.4 Å². The van der Waals surface area contributed by atoms with Crippen LogP contribution in [0.25, 0.3) is 5.65 Å². The highest BCUT2D eigenvalue weighted by molar-refractivity contribution is 6.30. The van der Waals surface area contributed by atoms with Crippen LogP contribution in [0.1, 0.15) is 16.1 Å². The Bertz CT molecular complexity index is 843. The maximum absolute atomic E-state index is 13.1. The lowest BCUT2D eigenvalue weighted by Gasteiger charge is -2.03. The largest absolute Gasteiger partial charge is 0.346 e. The fourth-order valence-corrected chi connectivity index (χ4v) is 2.23. The predicted octanol–water partition coefficient (Wildman–Crippen LogP) is 3.20. The number of halogens is 3. The van der Waals surface area contributed by atoms with E-state index in [4.69, 9.17) is 11.6 Å². The van der Waals surface area contributed by atoms with Gasteiger partial charge in [-0.3, -0.25) is 4.79 Å². The van der Waals surface area contributed by atoms with E-state index in [1.54, 1.807) is 28.9 Å². The number of hydrogen-bond acceptors (Lipinski definition) is 2. The Morgan fingerprint density at radius 1 is 1.18 bits per heavy atom. The van der Waals surface area contributed by atoms with Crippen LogP contribution in [0.5, 0.6) is 0 Å². The van der Waals surface area contributed by atoms with Crippen LogP contribution in [0.2, 0.25) is 5.02 Å². The molecule has 0 fully saturated rings. The number of rotatable bonds is 3. The fraction of sp³-hybridized carbons (Fsp3) is 0.0667. The van der Waals surface area contributed by atoms with Gasteiger partial charge in [-0.15, -0.1) is 0 Å². The summed E-state index contributed by atoms with van der Waals surface area (Å²) < 4.78 is 27.9. The molecule has 0 bridgehead atoms. The molecule has 2 aromatic heterocycles. The Kier molecular flexibility index (Phi) is 3.77. The van der Waals surface area contributed by atoms with E-state index in [1.807, 2.05) is 0 Å². The normalized spacial score (nSPS) is 10.9. The summed E-state index contributed by atoms with van der Waals surface area (Å²) in [4.78, 5) is 16.2. The van der Waals surface area contributed by atoms with Gasteiger partial charge in [-0.05, 0) is 24.3 Å². The summed E-state index contributed by atoms with van der Waals surface area (Å²) in [6, 6.07) is 6.11. The molecule has 0 aliphatic rings. The second-order valence-electron chi connectivity index (χ2n) is 4.69. The first-order valence-electron chi connectivity index (χ1n) is 6.39. The molecule has 3 rings (SSSR count). The average molecular weight is 322 g/mol. The molecule has 22 heavy (non-hydrogen) atoms. The van der Waals surface area contributed by atoms with Gasteiger partial charge in [0.15, 0.2) is 0 Å². The third-order valence-electron chi connectivity index (χ3n) is 3.02. The predicted molar refractivity (Wildman–Crippen MR) is 77.7 cm³/mol. The number of hydrogen-bond donors (Lipinski definition) is 1. The first-order valence-corrected chi connectivity index (χ1v) is 6.76. The van der Waals surface area contributed by atoms with E-state index < -0.39 is 17.5 Å². The van der Waals surface area contributed by atoms with E-state index >= 15 is 0 Å². The van der Waals surface area contributed by atoms with E-state index in [-0.39, 0.29) is 12.1 Å². The second-order valence-corrected chi connectivity index (χ2v) is 5.12. The molecule has 1 N–H and O–H groups in total. The van der Waals surface area contributed by atoms with Crippen LogP contribution in [0.15, 0.2) is 42.7 Å². The zero-order valence-electron chi connectivity index (χ0n) is 11.2. The summed E-state index contributed by atoms with van der Waals surface area (Å²) in [7, 11) is 0. The van der Waals surface area contributed by atoms with Gasteiger partial charge in [-0.2, -0.15) is 0 Å². The highest BCUT2D eigenvalue weighted by Crippen LogP contribution is 2.12. The standard InChI is InChI=1S/C15H10ClF2N3O/c16-10-1-2-14-20-13(8-21(14)7-10)6-19-15(22)9-3-11(17)5-12(18)4-9/h1-5,7-8H,6H2,(H,19,22). The SMILES string of the molecule is O=C(NCc1cn2cc(Cl)ccc2n1)c1cc(F)cc(F)c1. The number of carbonyl (C=O) groups excluding carboxylic acids is 1. The first kappa shape index (κ1) is 14.5. The average Bonchev–Trinajstić information content (AvgIpc) is 2.85. The molecule has 7 heteroatoms. The van der Waals surface area contributed by atoms with E-state index in [0.717, 1.165) is 12.1 Å². The monoisotopic (exact) mass is 321 g/mol. The lowest BCUT2D eigenvalue weighted by Crippen LogP contribution is -2.23. The van der Waals surface area contributed by atoms with Gasteiger partial charge >= 0.3 is 0 Å². The molecule has 4 nitrogen and oxygen atoms in total. The van der Waals surface area contributed by atoms with Crippen molar-refractivity contribution in [3.05, 3.63) is 70.6 Å². The van der Waals surface area contributed by atoms with E-state index in [1.165, 1.54) is 0 Å². The number of nitrogens with zero attached hydrogens (tertiary/aromatic N) is 2. The summed E-state index contributed by atoms with van der Waals surface area (Å²) in [5.41, 5.74) is 1.21. The van der Waals surface area contributed by atoms with Crippen LogP contribution in [0, 0.1) is 11.6 Å². The molecule has 0 unspecified atom stereocenters. The third kappa shape index (κ3) is 3.07. The van der Waals surface area contributed by atoms with Crippen molar-refractivity contribution in [1.82, 2.24) is 14.7 Å². The number of imidazole rings is 1. The summed E-state index contributed by atoms with van der Waals surface area (Å²) >= 11 is 5.88. The van der Waals surface area contributed by atoms with Gasteiger partial charge < -0.3 is 9.72 Å². The highest BCUT2D eigenvalue weighted by Gasteiger charge is 2.10. The van der Waals surface area contributed by atoms with E-state index in [9.17, 15) is 13.6 Å². The second kappa shape index (κ2) is 5.73. The molecule has 0 saturated heterocycles. The minimum Gasteiger partial charge on any atom is -0.346 e. The van der Waals surface area contributed by atoms with Crippen LogP contribution >= 0.6 is 11.6 Å². The number of fused-ring (bicyclic) bond motifs is 1. The minimum absolute atomic E-state index is 0.0793. The van der Waals surface area contributed by atoms with Crippen molar-refractivity contribution in [2.45, 2.75) is 6.54 Å². The molecule has 1 aromatic carbocycles. The molecule has 112 valence electrons. The van der Waals surface area contributed by atoms with Gasteiger partial charge in [0.25, 0.3) is 5.91 Å². The van der Waals surface area contributed by atoms with Gasteiger partial charge in [0, 0.05) is 24.0 Å². The lowest BCUT2D eigenvalue weighted by molar-refractivity contribution is 0.0949. The van der Waals surface area contributed by atoms with E-state index in [2.05, 4.69) is 10.3 Å². The van der Waals surface area contributed by atoms with E-state index in [0.29, 0.717) is 22.4 Å². The Labute approximate surface area is 129 Å². The summed E-state index contributed by atoms with van der Waals surface area (Å²) in [5.74, 6) is -2.17. The maximum atomic E-state index is 13.1. The Morgan fingerprint density at radius 3 is 2.64 bits per heavy atom. The highest BCUT2D eigenvalue weighted by atomic mass is 35.5. The molecule has 0 saturated carbocycles. The Balaban J connectivity index is 1.74. The van der Waals surface area contributed by atoms with Crippen LogP contribution in [-0.2, 0) is 6.54 Å². The number of nitrogens with one attached hydrogen (secondary N) is 1. The van der Waals surface area contributed by atoms with Crippen molar-refractivity contribution in [2.24, 2.45) is 0 Å². The lowest BCUT2D eigenvalue weighted by atomic mass is 10.2. The maximum Gasteiger partial charge on any atom is 0.251 e. The Morgan fingerprint density at radius 2 is 1.91 bits per heavy atom. The third-order valence-corrected chi connectivity index (χ3v) is 3.24. The van der Waals surface area contributed by atoms with Crippen LogP contribution in [-0.4, -0.2) is 15.3 Å². The number of amides is 1. The zero-order valence-corrected chi connectivity index (χ0v) is 11.9. The molecular formula is C15H10ClF2N3O. The van der Waals surface area contributed by atoms with Gasteiger partial charge in [-0.1, -0.05) is 11.6 Å². The van der Waals surface area contributed by atoms with Gasteiger partial charge in [0.2, 0.25) is 0 Å². The zero-order chi connectivity index (χ0) is 15.7. The Hall–Kier alpha value is -2.47. The van der Waals surface area contributed by atoms with Crippen molar-refractivity contribution in [1.29, 1.82) is 0 Å². The van der Waals surface area contributed by atoms with Crippen molar-refractivity contribution < 1.29 is 13.6 Å². The van der Waals surface area contributed by atoms with Crippen LogP contribution in [0.3, 0.4) is 0 Å². The van der Waals surface area contributed by atoms with Crippen molar-refractivity contribution >= 4 is 23.2 Å². The molecule has 1 amide bonds. The van der Waals surface area contributed by atoms with Crippen molar-refractivity contribution in [3.63, 3.8) is 0 Å². The number of aromatic nitrogens is 2. The van der Waals surface area contributed by atoms with Crippen molar-refractivity contribution in [3.8, 4) is 0 Å². The van der Waals surface area contributed by atoms with Gasteiger partial charge in [0.05, 0.1) is 17.3 Å².